The van der Waals surface area contributed by atoms with Crippen molar-refractivity contribution in [3.8, 4) is 5.69 Å². The molecule has 2 N–H and O–H groups in total. The van der Waals surface area contributed by atoms with Crippen LogP contribution in [0, 0.1) is 20.8 Å². The summed E-state index contributed by atoms with van der Waals surface area (Å²) in [4.78, 5) is 25.3. The number of benzene rings is 3. The number of aryl methyl sites for hydroxylation is 3. The lowest BCUT2D eigenvalue weighted by molar-refractivity contribution is -0.113. The Labute approximate surface area is 219 Å². The first-order valence-electron chi connectivity index (χ1n) is 11.3. The van der Waals surface area contributed by atoms with Gasteiger partial charge in [-0.3, -0.25) is 14.2 Å². The van der Waals surface area contributed by atoms with Gasteiger partial charge in [0.2, 0.25) is 5.91 Å². The summed E-state index contributed by atoms with van der Waals surface area (Å²) in [6, 6.07) is 20.5. The quantitative estimate of drug-likeness (QED) is 0.300. The van der Waals surface area contributed by atoms with Crippen LogP contribution in [0.25, 0.3) is 5.69 Å². The van der Waals surface area contributed by atoms with Crippen LogP contribution in [0.2, 0.25) is 5.02 Å². The molecular weight excluding hydrogens is 494 g/mol. The maximum atomic E-state index is 12.8. The SMILES string of the molecule is Cc1cccc(NC(=O)CSc2nnc(CNC(=O)c3ccc(C)c(C)c3)n2-c2cccc(Cl)c2)c1. The van der Waals surface area contributed by atoms with Gasteiger partial charge in [-0.05, 0) is 79.9 Å². The molecule has 0 aliphatic carbocycles. The summed E-state index contributed by atoms with van der Waals surface area (Å²) in [5.74, 6) is 0.305. The van der Waals surface area contributed by atoms with Crippen LogP contribution in [0.4, 0.5) is 5.69 Å². The van der Waals surface area contributed by atoms with Crippen molar-refractivity contribution in [2.45, 2.75) is 32.5 Å². The molecule has 9 heteroatoms. The van der Waals surface area contributed by atoms with Crippen LogP contribution >= 0.6 is 23.4 Å². The van der Waals surface area contributed by atoms with E-state index in [0.29, 0.717) is 21.6 Å². The number of nitrogens with one attached hydrogen (secondary N) is 2. The molecule has 0 saturated carbocycles. The lowest BCUT2D eigenvalue weighted by Crippen LogP contribution is -2.24. The summed E-state index contributed by atoms with van der Waals surface area (Å²) in [5.41, 5.74) is 5.30. The van der Waals surface area contributed by atoms with Crippen molar-refractivity contribution in [3.05, 3.63) is 99.8 Å². The van der Waals surface area contributed by atoms with Crippen LogP contribution in [0.3, 0.4) is 0 Å². The van der Waals surface area contributed by atoms with Gasteiger partial charge in [-0.1, -0.05) is 47.6 Å². The molecule has 0 atom stereocenters. The minimum absolute atomic E-state index is 0.141. The van der Waals surface area contributed by atoms with Crippen LogP contribution in [-0.4, -0.2) is 32.3 Å². The zero-order valence-electron chi connectivity index (χ0n) is 20.2. The molecule has 4 aromatic rings. The predicted octanol–water partition coefficient (Wildman–Crippen LogP) is 5.51. The normalized spacial score (nSPS) is 10.8. The zero-order chi connectivity index (χ0) is 25.7. The Morgan fingerprint density at radius 1 is 0.944 bits per heavy atom. The molecule has 0 aliphatic rings. The van der Waals surface area contributed by atoms with E-state index >= 15 is 0 Å². The molecule has 0 saturated heterocycles. The third-order valence-electron chi connectivity index (χ3n) is 5.58. The number of nitrogens with zero attached hydrogens (tertiary/aromatic N) is 3. The van der Waals surface area contributed by atoms with Gasteiger partial charge < -0.3 is 10.6 Å². The van der Waals surface area contributed by atoms with Gasteiger partial charge in [0.15, 0.2) is 11.0 Å². The van der Waals surface area contributed by atoms with Crippen LogP contribution < -0.4 is 10.6 Å². The van der Waals surface area contributed by atoms with Crippen LogP contribution in [0.5, 0.6) is 0 Å². The van der Waals surface area contributed by atoms with Crippen molar-refractivity contribution in [2.75, 3.05) is 11.1 Å². The van der Waals surface area contributed by atoms with Gasteiger partial charge in [0.25, 0.3) is 5.91 Å². The van der Waals surface area contributed by atoms with E-state index in [1.54, 1.807) is 22.8 Å². The first-order chi connectivity index (χ1) is 17.3. The summed E-state index contributed by atoms with van der Waals surface area (Å²) < 4.78 is 1.80. The van der Waals surface area contributed by atoms with E-state index < -0.39 is 0 Å². The number of halogens is 1. The van der Waals surface area contributed by atoms with E-state index in [9.17, 15) is 9.59 Å². The molecule has 184 valence electrons. The zero-order valence-corrected chi connectivity index (χ0v) is 21.8. The Morgan fingerprint density at radius 2 is 1.75 bits per heavy atom. The average Bonchev–Trinajstić information content (AvgIpc) is 3.26. The number of hydrogen-bond donors (Lipinski definition) is 2. The Balaban J connectivity index is 1.51. The Kier molecular flexibility index (Phi) is 8.07. The fourth-order valence-electron chi connectivity index (χ4n) is 3.58. The van der Waals surface area contributed by atoms with Gasteiger partial charge >= 0.3 is 0 Å². The predicted molar refractivity (Wildman–Crippen MR) is 144 cm³/mol. The van der Waals surface area contributed by atoms with Crippen LogP contribution in [-0.2, 0) is 11.3 Å². The molecule has 0 radical (unpaired) electrons. The summed E-state index contributed by atoms with van der Waals surface area (Å²) in [6.45, 7) is 6.10. The third-order valence-corrected chi connectivity index (χ3v) is 6.74. The van der Waals surface area contributed by atoms with Crippen LogP contribution in [0.1, 0.15) is 32.9 Å². The molecule has 1 heterocycles. The Hall–Kier alpha value is -3.62. The van der Waals surface area contributed by atoms with Gasteiger partial charge in [-0.25, -0.2) is 0 Å². The van der Waals surface area contributed by atoms with E-state index in [4.69, 9.17) is 11.6 Å². The second-order valence-electron chi connectivity index (χ2n) is 8.40. The molecule has 0 aliphatic heterocycles. The molecule has 3 aromatic carbocycles. The Bertz CT molecular complexity index is 1420. The molecule has 4 rings (SSSR count). The molecule has 36 heavy (non-hydrogen) atoms. The van der Waals surface area contributed by atoms with E-state index in [0.717, 1.165) is 28.1 Å². The van der Waals surface area contributed by atoms with Gasteiger partial charge in [-0.15, -0.1) is 10.2 Å². The lowest BCUT2D eigenvalue weighted by atomic mass is 10.1. The third kappa shape index (κ3) is 6.33. The second kappa shape index (κ2) is 11.4. The fourth-order valence-corrected chi connectivity index (χ4v) is 4.53. The first-order valence-corrected chi connectivity index (χ1v) is 12.7. The van der Waals surface area contributed by atoms with E-state index in [1.165, 1.54) is 11.8 Å². The molecule has 0 fully saturated rings. The van der Waals surface area contributed by atoms with E-state index in [1.807, 2.05) is 69.3 Å². The highest BCUT2D eigenvalue weighted by Crippen LogP contribution is 2.24. The van der Waals surface area contributed by atoms with Gasteiger partial charge in [0.1, 0.15) is 0 Å². The van der Waals surface area contributed by atoms with E-state index in [-0.39, 0.29) is 24.1 Å². The minimum Gasteiger partial charge on any atom is -0.345 e. The topological polar surface area (TPSA) is 88.9 Å². The van der Waals surface area contributed by atoms with Crippen molar-refractivity contribution in [3.63, 3.8) is 0 Å². The highest BCUT2D eigenvalue weighted by Gasteiger charge is 2.17. The number of anilines is 1. The number of rotatable bonds is 8. The van der Waals surface area contributed by atoms with Crippen molar-refractivity contribution in [2.24, 2.45) is 0 Å². The molecule has 7 nitrogen and oxygen atoms in total. The maximum absolute atomic E-state index is 12.8. The smallest absolute Gasteiger partial charge is 0.251 e. The number of hydrogen-bond acceptors (Lipinski definition) is 5. The first kappa shape index (κ1) is 25.5. The highest BCUT2D eigenvalue weighted by molar-refractivity contribution is 7.99. The monoisotopic (exact) mass is 519 g/mol. The number of aromatic nitrogens is 3. The van der Waals surface area contributed by atoms with Gasteiger partial charge in [0.05, 0.1) is 18.0 Å². The molecule has 0 bridgehead atoms. The number of carbonyl (C=O) groups is 2. The lowest BCUT2D eigenvalue weighted by Gasteiger charge is -2.12. The van der Waals surface area contributed by atoms with Crippen molar-refractivity contribution in [1.29, 1.82) is 0 Å². The van der Waals surface area contributed by atoms with Gasteiger partial charge in [0, 0.05) is 16.3 Å². The minimum atomic E-state index is -0.203. The number of thioether (sulfide) groups is 1. The fraction of sp³-hybridized carbons (Fsp3) is 0.185. The van der Waals surface area contributed by atoms with Crippen molar-refractivity contribution >= 4 is 40.9 Å². The summed E-state index contributed by atoms with van der Waals surface area (Å²) in [5, 5.41) is 15.5. The highest BCUT2D eigenvalue weighted by atomic mass is 35.5. The largest absolute Gasteiger partial charge is 0.345 e. The molecule has 2 amide bonds. The standard InChI is InChI=1S/C27H26ClN5O2S/c1-17-6-4-8-22(12-17)30-25(34)16-36-27-32-31-24(33(27)23-9-5-7-21(28)14-23)15-29-26(35)20-11-10-18(2)19(3)13-20/h4-14H,15-16H2,1-3H3,(H,29,35)(H,30,34). The molecule has 1 aromatic heterocycles. The Morgan fingerprint density at radius 3 is 2.50 bits per heavy atom. The number of carbonyl (C=O) groups excluding carboxylic acids is 2. The second-order valence-corrected chi connectivity index (χ2v) is 9.78. The van der Waals surface area contributed by atoms with Crippen molar-refractivity contribution < 1.29 is 9.59 Å². The molecule has 0 unspecified atom stereocenters. The number of amides is 2. The maximum Gasteiger partial charge on any atom is 0.251 e. The average molecular weight is 520 g/mol. The van der Waals surface area contributed by atoms with Crippen molar-refractivity contribution in [1.82, 2.24) is 20.1 Å². The summed E-state index contributed by atoms with van der Waals surface area (Å²) in [7, 11) is 0. The molecular formula is C27H26ClN5O2S. The summed E-state index contributed by atoms with van der Waals surface area (Å²) in [6.07, 6.45) is 0. The van der Waals surface area contributed by atoms with Crippen LogP contribution in [0.15, 0.2) is 71.9 Å². The molecule has 0 spiro atoms. The van der Waals surface area contributed by atoms with E-state index in [2.05, 4.69) is 20.8 Å². The summed E-state index contributed by atoms with van der Waals surface area (Å²) >= 11 is 7.49. The van der Waals surface area contributed by atoms with Gasteiger partial charge in [-0.2, -0.15) is 0 Å².